The molecule has 0 unspecified atom stereocenters. The average Bonchev–Trinajstić information content (AvgIpc) is 3.83. The van der Waals surface area contributed by atoms with Crippen LogP contribution in [0.4, 0.5) is 0 Å². The largest absolute Gasteiger partial charge is 0.135 e. The molecule has 0 saturated carbocycles. The molecule has 0 aliphatic carbocycles. The maximum absolute atomic E-state index is 2.43. The van der Waals surface area contributed by atoms with E-state index >= 15 is 0 Å². The number of thiophene rings is 4. The third kappa shape index (κ3) is 3.66. The molecule has 0 atom stereocenters. The van der Waals surface area contributed by atoms with Crippen LogP contribution in [0.15, 0.2) is 133 Å². The molecule has 0 aliphatic heterocycles. The van der Waals surface area contributed by atoms with E-state index in [0.29, 0.717) is 0 Å². The average molecular weight is 631 g/mol. The van der Waals surface area contributed by atoms with Gasteiger partial charge in [0.05, 0.1) is 9.75 Å². The summed E-state index contributed by atoms with van der Waals surface area (Å²) in [5.74, 6) is 0. The summed E-state index contributed by atoms with van der Waals surface area (Å²) in [5, 5.41) is 8.03. The molecule has 4 aromatic heterocycles. The summed E-state index contributed by atoms with van der Waals surface area (Å²) in [6.07, 6.45) is 0. The highest BCUT2D eigenvalue weighted by Gasteiger charge is 2.23. The topological polar surface area (TPSA) is 0 Å². The molecule has 0 spiro atoms. The van der Waals surface area contributed by atoms with Crippen molar-refractivity contribution >= 4 is 106 Å². The van der Waals surface area contributed by atoms with Gasteiger partial charge in [0.2, 0.25) is 0 Å². The van der Waals surface area contributed by atoms with E-state index in [-0.39, 0.29) is 0 Å². The molecule has 0 N–H and O–H groups in total. The van der Waals surface area contributed by atoms with Crippen molar-refractivity contribution in [2.24, 2.45) is 0 Å². The van der Waals surface area contributed by atoms with Crippen LogP contribution >= 0.6 is 45.3 Å². The fourth-order valence-corrected chi connectivity index (χ4v) is 11.5. The summed E-state index contributed by atoms with van der Waals surface area (Å²) in [6.45, 7) is 0. The van der Waals surface area contributed by atoms with Gasteiger partial charge in [0.15, 0.2) is 0 Å². The number of fused-ring (bicyclic) bond motifs is 8. The monoisotopic (exact) mass is 630 g/mol. The fraction of sp³-hybridized carbons (Fsp3) is 0. The van der Waals surface area contributed by atoms with Crippen LogP contribution in [0.1, 0.15) is 0 Å². The van der Waals surface area contributed by atoms with Gasteiger partial charge in [-0.3, -0.25) is 0 Å². The van der Waals surface area contributed by atoms with Gasteiger partial charge in [-0.25, -0.2) is 0 Å². The van der Waals surface area contributed by atoms with Gasteiger partial charge in [-0.1, -0.05) is 84.9 Å². The molecule has 10 aromatic rings. The zero-order valence-electron chi connectivity index (χ0n) is 23.3. The van der Waals surface area contributed by atoms with E-state index in [2.05, 4.69) is 133 Å². The SMILES string of the molecule is c1ccc2c(-c3ccc4sc5ccccc5c4c3)c(-c3sc4ccccc4c3-c3ccc4sc5ccccc5c4c3)sc2c1. The zero-order valence-corrected chi connectivity index (χ0v) is 26.6. The van der Waals surface area contributed by atoms with Crippen molar-refractivity contribution < 1.29 is 0 Å². The first-order chi connectivity index (χ1) is 21.8. The molecule has 0 amide bonds. The Morgan fingerprint density at radius 3 is 1.05 bits per heavy atom. The van der Waals surface area contributed by atoms with Gasteiger partial charge in [0.1, 0.15) is 0 Å². The summed E-state index contributed by atoms with van der Waals surface area (Å²) in [4.78, 5) is 2.72. The Bertz CT molecular complexity index is 2540. The zero-order chi connectivity index (χ0) is 28.8. The highest BCUT2D eigenvalue weighted by molar-refractivity contribution is 7.29. The predicted octanol–water partition coefficient (Wildman–Crippen LogP) is 13.9. The molecule has 6 aromatic carbocycles. The Labute approximate surface area is 269 Å². The molecule has 206 valence electrons. The fourth-order valence-electron chi connectivity index (χ4n) is 6.75. The van der Waals surface area contributed by atoms with E-state index in [1.165, 1.54) is 92.5 Å². The van der Waals surface area contributed by atoms with Crippen molar-refractivity contribution in [3.8, 4) is 32.0 Å². The molecular weight excluding hydrogens is 609 g/mol. The summed E-state index contributed by atoms with van der Waals surface area (Å²) in [7, 11) is 0. The van der Waals surface area contributed by atoms with Gasteiger partial charge >= 0.3 is 0 Å². The van der Waals surface area contributed by atoms with E-state index in [1.807, 2.05) is 45.3 Å². The number of rotatable bonds is 3. The lowest BCUT2D eigenvalue weighted by Crippen LogP contribution is -1.83. The van der Waals surface area contributed by atoms with Crippen molar-refractivity contribution in [3.05, 3.63) is 133 Å². The van der Waals surface area contributed by atoms with Gasteiger partial charge in [-0.15, -0.1) is 45.3 Å². The van der Waals surface area contributed by atoms with Gasteiger partial charge in [-0.2, -0.15) is 0 Å². The second-order valence-corrected chi connectivity index (χ2v) is 15.5. The van der Waals surface area contributed by atoms with E-state index in [4.69, 9.17) is 0 Å². The smallest absolute Gasteiger partial charge is 0.0540 e. The second kappa shape index (κ2) is 9.59. The van der Waals surface area contributed by atoms with E-state index in [0.717, 1.165) is 0 Å². The number of benzene rings is 6. The van der Waals surface area contributed by atoms with E-state index < -0.39 is 0 Å². The first-order valence-electron chi connectivity index (χ1n) is 14.7. The van der Waals surface area contributed by atoms with Crippen LogP contribution in [0.2, 0.25) is 0 Å². The lowest BCUT2D eigenvalue weighted by atomic mass is 9.95. The molecular formula is C40H22S4. The minimum atomic E-state index is 1.29. The molecule has 44 heavy (non-hydrogen) atoms. The van der Waals surface area contributed by atoms with Crippen LogP contribution in [0.5, 0.6) is 0 Å². The molecule has 10 rings (SSSR count). The first kappa shape index (κ1) is 25.1. The number of hydrogen-bond acceptors (Lipinski definition) is 4. The highest BCUT2D eigenvalue weighted by Crippen LogP contribution is 2.53. The van der Waals surface area contributed by atoms with Crippen LogP contribution in [0.25, 0.3) is 92.5 Å². The normalized spacial score (nSPS) is 12.1. The lowest BCUT2D eigenvalue weighted by Gasteiger charge is -2.09. The molecule has 0 aliphatic rings. The summed E-state index contributed by atoms with van der Waals surface area (Å²) >= 11 is 7.62. The third-order valence-electron chi connectivity index (χ3n) is 8.73. The minimum Gasteiger partial charge on any atom is -0.135 e. The Balaban J connectivity index is 1.28. The van der Waals surface area contributed by atoms with Gasteiger partial charge in [0.25, 0.3) is 0 Å². The maximum Gasteiger partial charge on any atom is 0.0540 e. The lowest BCUT2D eigenvalue weighted by molar-refractivity contribution is 1.75. The van der Waals surface area contributed by atoms with Crippen LogP contribution in [-0.2, 0) is 0 Å². The molecule has 0 bridgehead atoms. The Kier molecular flexibility index (Phi) is 5.46. The Morgan fingerprint density at radius 1 is 0.273 bits per heavy atom. The molecule has 4 heterocycles. The highest BCUT2D eigenvalue weighted by atomic mass is 32.1. The van der Waals surface area contributed by atoms with Crippen LogP contribution in [0, 0.1) is 0 Å². The summed E-state index contributed by atoms with van der Waals surface area (Å²) in [6, 6.07) is 49.7. The standard InChI is InChI=1S/C40H22S4/c1-5-13-31-25(9-1)29-21-23(17-19-35(29)41-31)37-27-11-3-7-15-33(27)43-39(37)40-38(28-12-4-8-16-34(28)44-40)24-18-20-36-30(22-24)26-10-2-6-14-32(26)42-36/h1-22H. The van der Waals surface area contributed by atoms with Gasteiger partial charge in [0, 0.05) is 71.6 Å². The predicted molar refractivity (Wildman–Crippen MR) is 199 cm³/mol. The van der Waals surface area contributed by atoms with Crippen LogP contribution < -0.4 is 0 Å². The summed E-state index contributed by atoms with van der Waals surface area (Å²) in [5.41, 5.74) is 5.27. The molecule has 0 nitrogen and oxygen atoms in total. The van der Waals surface area contributed by atoms with Crippen LogP contribution in [0.3, 0.4) is 0 Å². The molecule has 0 fully saturated rings. The maximum atomic E-state index is 2.43. The van der Waals surface area contributed by atoms with Crippen LogP contribution in [-0.4, -0.2) is 0 Å². The molecule has 0 saturated heterocycles. The van der Waals surface area contributed by atoms with Crippen molar-refractivity contribution in [2.75, 3.05) is 0 Å². The molecule has 0 radical (unpaired) electrons. The van der Waals surface area contributed by atoms with E-state index in [9.17, 15) is 0 Å². The number of hydrogen-bond donors (Lipinski definition) is 0. The Morgan fingerprint density at radius 2 is 0.614 bits per heavy atom. The van der Waals surface area contributed by atoms with Gasteiger partial charge < -0.3 is 0 Å². The minimum absolute atomic E-state index is 1.29. The van der Waals surface area contributed by atoms with Crippen molar-refractivity contribution in [1.82, 2.24) is 0 Å². The van der Waals surface area contributed by atoms with Crippen molar-refractivity contribution in [3.63, 3.8) is 0 Å². The second-order valence-electron chi connectivity index (χ2n) is 11.2. The summed E-state index contributed by atoms with van der Waals surface area (Å²) < 4.78 is 8.03. The quantitative estimate of drug-likeness (QED) is 0.182. The Hall–Kier alpha value is -4.32. The van der Waals surface area contributed by atoms with Crippen molar-refractivity contribution in [1.29, 1.82) is 0 Å². The first-order valence-corrected chi connectivity index (χ1v) is 17.9. The van der Waals surface area contributed by atoms with E-state index in [1.54, 1.807) is 0 Å². The third-order valence-corrected chi connectivity index (χ3v) is 13.5. The van der Waals surface area contributed by atoms with Crippen molar-refractivity contribution in [2.45, 2.75) is 0 Å². The van der Waals surface area contributed by atoms with Gasteiger partial charge in [-0.05, 0) is 59.7 Å². The molecule has 4 heteroatoms.